The van der Waals surface area contributed by atoms with Gasteiger partial charge in [0, 0.05) is 28.1 Å². The zero-order valence-corrected chi connectivity index (χ0v) is 15.8. The van der Waals surface area contributed by atoms with E-state index < -0.39 is 0 Å². The van der Waals surface area contributed by atoms with Crippen LogP contribution in [-0.4, -0.2) is 20.5 Å². The van der Waals surface area contributed by atoms with Crippen LogP contribution in [0.5, 0.6) is 0 Å². The van der Waals surface area contributed by atoms with Crippen LogP contribution in [0.1, 0.15) is 36.1 Å². The Balaban J connectivity index is 1.66. The number of Topliss-reactive ketones (excluding diaryl/α,β-unsaturated/α-hetero) is 1. The molecule has 0 spiro atoms. The molecule has 2 aliphatic rings. The monoisotopic (exact) mass is 425 g/mol. The van der Waals surface area contributed by atoms with E-state index in [0.717, 1.165) is 21.5 Å². The molecule has 0 unspecified atom stereocenters. The van der Waals surface area contributed by atoms with Crippen molar-refractivity contribution >= 4 is 33.6 Å². The summed E-state index contributed by atoms with van der Waals surface area (Å²) in [5.41, 5.74) is 8.36. The molecular formula is C19H16BrN5O2. The fourth-order valence-electron chi connectivity index (χ4n) is 3.94. The Morgan fingerprint density at radius 3 is 2.85 bits per heavy atom. The topological polar surface area (TPSA) is 99.0 Å². The third-order valence-corrected chi connectivity index (χ3v) is 5.80. The van der Waals surface area contributed by atoms with Crippen molar-refractivity contribution in [3.8, 4) is 0 Å². The highest BCUT2D eigenvalue weighted by atomic mass is 79.9. The summed E-state index contributed by atoms with van der Waals surface area (Å²) in [6.45, 7) is 0. The Hall–Kier alpha value is -2.87. The van der Waals surface area contributed by atoms with Crippen molar-refractivity contribution in [2.75, 3.05) is 11.1 Å². The number of hydrogen-bond donors (Lipinski definition) is 2. The van der Waals surface area contributed by atoms with Crippen molar-refractivity contribution in [2.45, 2.75) is 24.8 Å². The van der Waals surface area contributed by atoms with Crippen LogP contribution in [0.2, 0.25) is 0 Å². The first kappa shape index (κ1) is 16.3. The van der Waals surface area contributed by atoms with Gasteiger partial charge in [0.05, 0.1) is 6.26 Å². The molecule has 3 heterocycles. The summed E-state index contributed by atoms with van der Waals surface area (Å²) in [6, 6.07) is 11.2. The van der Waals surface area contributed by atoms with Gasteiger partial charge in [0.25, 0.3) is 0 Å². The minimum atomic E-state index is -0.373. The lowest BCUT2D eigenvalue weighted by Gasteiger charge is -2.34. The second-order valence-corrected chi connectivity index (χ2v) is 7.58. The third-order valence-electron chi connectivity index (χ3n) is 5.08. The van der Waals surface area contributed by atoms with E-state index in [4.69, 9.17) is 10.2 Å². The smallest absolute Gasteiger partial charge is 0.241 e. The van der Waals surface area contributed by atoms with Crippen molar-refractivity contribution in [2.24, 2.45) is 0 Å². The molecule has 1 aliphatic heterocycles. The number of benzene rings is 1. The first-order valence-corrected chi connectivity index (χ1v) is 9.44. The predicted octanol–water partition coefficient (Wildman–Crippen LogP) is 3.63. The van der Waals surface area contributed by atoms with Gasteiger partial charge < -0.3 is 15.5 Å². The van der Waals surface area contributed by atoms with Crippen molar-refractivity contribution < 1.29 is 9.21 Å². The lowest BCUT2D eigenvalue weighted by molar-refractivity contribution is -0.117. The highest BCUT2D eigenvalue weighted by Gasteiger charge is 2.40. The second-order valence-electron chi connectivity index (χ2n) is 6.72. The van der Waals surface area contributed by atoms with E-state index in [1.807, 2.05) is 36.4 Å². The number of ketones is 1. The molecule has 3 aromatic rings. The number of nitrogens with zero attached hydrogens (tertiary/aromatic N) is 3. The number of fused-ring (bicyclic) bond motifs is 1. The molecule has 136 valence electrons. The second kappa shape index (κ2) is 6.09. The molecule has 1 aromatic carbocycles. The SMILES string of the molecule is Nc1nc2n(n1)[C@@H](c1ccccc1Br)C1=C(C[C@H](c3ccco3)CC1=O)N2. The number of nitrogens with one attached hydrogen (secondary N) is 1. The number of anilines is 2. The summed E-state index contributed by atoms with van der Waals surface area (Å²) in [4.78, 5) is 17.5. The standard InChI is InChI=1S/C19H16BrN5O2/c20-12-5-2-1-4-11(12)17-16-13(22-19-23-18(21)24-25(17)19)8-10(9-14(16)26)15-6-3-7-27-15/h1-7,10,17H,8-9H2,(H3,21,22,23,24)/t10-,17-/m0/s1. The number of rotatable bonds is 2. The Morgan fingerprint density at radius 2 is 2.07 bits per heavy atom. The molecule has 8 heteroatoms. The van der Waals surface area contributed by atoms with Crippen LogP contribution in [0.25, 0.3) is 0 Å². The first-order valence-electron chi connectivity index (χ1n) is 8.65. The van der Waals surface area contributed by atoms with Gasteiger partial charge in [0.15, 0.2) is 5.78 Å². The fraction of sp³-hybridized carbons (Fsp3) is 0.211. The summed E-state index contributed by atoms with van der Waals surface area (Å²) in [5, 5.41) is 7.61. The van der Waals surface area contributed by atoms with Gasteiger partial charge in [-0.25, -0.2) is 4.68 Å². The zero-order valence-electron chi connectivity index (χ0n) is 14.2. The summed E-state index contributed by atoms with van der Waals surface area (Å²) in [6.07, 6.45) is 2.70. The Labute approximate surface area is 163 Å². The van der Waals surface area contributed by atoms with Crippen molar-refractivity contribution in [1.29, 1.82) is 0 Å². The maximum absolute atomic E-state index is 13.2. The maximum atomic E-state index is 13.2. The van der Waals surface area contributed by atoms with Gasteiger partial charge >= 0.3 is 0 Å². The predicted molar refractivity (Wildman–Crippen MR) is 103 cm³/mol. The molecule has 1 aliphatic carbocycles. The number of furan rings is 1. The van der Waals surface area contributed by atoms with E-state index >= 15 is 0 Å². The van der Waals surface area contributed by atoms with Crippen LogP contribution >= 0.6 is 15.9 Å². The number of allylic oxidation sites excluding steroid dienone is 2. The minimum Gasteiger partial charge on any atom is -0.469 e. The van der Waals surface area contributed by atoms with Gasteiger partial charge in [-0.05, 0) is 30.2 Å². The minimum absolute atomic E-state index is 0.00503. The molecule has 2 atom stereocenters. The third kappa shape index (κ3) is 2.59. The molecule has 0 bridgehead atoms. The normalized spacial score (nSPS) is 21.6. The summed E-state index contributed by atoms with van der Waals surface area (Å²) in [5.74, 6) is 1.61. The van der Waals surface area contributed by atoms with Crippen LogP contribution in [0.4, 0.5) is 11.9 Å². The fourth-order valence-corrected chi connectivity index (χ4v) is 4.44. The van der Waals surface area contributed by atoms with Crippen LogP contribution in [0.3, 0.4) is 0 Å². The van der Waals surface area contributed by atoms with Gasteiger partial charge in [-0.15, -0.1) is 5.10 Å². The summed E-state index contributed by atoms with van der Waals surface area (Å²) >= 11 is 3.61. The van der Waals surface area contributed by atoms with Gasteiger partial charge in [0.1, 0.15) is 11.8 Å². The number of carbonyl (C=O) groups excluding carboxylic acids is 1. The largest absolute Gasteiger partial charge is 0.469 e. The molecule has 0 saturated heterocycles. The van der Waals surface area contributed by atoms with Gasteiger partial charge in [-0.2, -0.15) is 4.98 Å². The quantitative estimate of drug-likeness (QED) is 0.650. The average molecular weight is 426 g/mol. The van der Waals surface area contributed by atoms with Crippen molar-refractivity contribution in [3.63, 3.8) is 0 Å². The van der Waals surface area contributed by atoms with Gasteiger partial charge in [-0.3, -0.25) is 4.79 Å². The highest BCUT2D eigenvalue weighted by molar-refractivity contribution is 9.10. The van der Waals surface area contributed by atoms with E-state index in [2.05, 4.69) is 31.3 Å². The van der Waals surface area contributed by atoms with Crippen molar-refractivity contribution in [3.05, 3.63) is 69.7 Å². The Morgan fingerprint density at radius 1 is 1.22 bits per heavy atom. The molecule has 0 amide bonds. The molecular weight excluding hydrogens is 410 g/mol. The van der Waals surface area contributed by atoms with E-state index in [1.165, 1.54) is 0 Å². The van der Waals surface area contributed by atoms with Gasteiger partial charge in [0.2, 0.25) is 11.9 Å². The van der Waals surface area contributed by atoms with Crippen molar-refractivity contribution in [1.82, 2.24) is 14.8 Å². The molecule has 7 nitrogen and oxygen atoms in total. The maximum Gasteiger partial charge on any atom is 0.241 e. The van der Waals surface area contributed by atoms with Crippen LogP contribution in [0, 0.1) is 0 Å². The number of hydrogen-bond acceptors (Lipinski definition) is 6. The van der Waals surface area contributed by atoms with E-state index in [-0.39, 0.29) is 23.7 Å². The zero-order chi connectivity index (χ0) is 18.5. The van der Waals surface area contributed by atoms with E-state index in [0.29, 0.717) is 24.4 Å². The summed E-state index contributed by atoms with van der Waals surface area (Å²) < 4.78 is 8.14. The van der Waals surface area contributed by atoms with Crippen LogP contribution in [0.15, 0.2) is 62.8 Å². The van der Waals surface area contributed by atoms with Crippen LogP contribution < -0.4 is 11.1 Å². The number of nitrogen functional groups attached to an aromatic ring is 1. The lowest BCUT2D eigenvalue weighted by atomic mass is 9.79. The molecule has 0 saturated carbocycles. The molecule has 5 rings (SSSR count). The molecule has 3 N–H and O–H groups in total. The molecule has 0 radical (unpaired) electrons. The Kier molecular flexibility index (Phi) is 3.68. The van der Waals surface area contributed by atoms with E-state index in [1.54, 1.807) is 10.9 Å². The lowest BCUT2D eigenvalue weighted by Crippen LogP contribution is -2.33. The molecule has 0 fully saturated rings. The van der Waals surface area contributed by atoms with Crippen LogP contribution in [-0.2, 0) is 4.79 Å². The number of nitrogens with two attached hydrogens (primary N) is 1. The number of halogens is 1. The first-order chi connectivity index (χ1) is 13.1. The number of aromatic nitrogens is 3. The average Bonchev–Trinajstić information content (AvgIpc) is 3.29. The number of carbonyl (C=O) groups is 1. The van der Waals surface area contributed by atoms with Gasteiger partial charge in [-0.1, -0.05) is 34.1 Å². The van der Waals surface area contributed by atoms with E-state index in [9.17, 15) is 4.79 Å². The Bertz CT molecular complexity index is 1070. The molecule has 2 aromatic heterocycles. The highest BCUT2D eigenvalue weighted by Crippen LogP contribution is 2.45. The summed E-state index contributed by atoms with van der Waals surface area (Å²) in [7, 11) is 0. The molecule has 27 heavy (non-hydrogen) atoms.